The Hall–Kier alpha value is -0.760. The lowest BCUT2D eigenvalue weighted by atomic mass is 10.2. The maximum absolute atomic E-state index is 11.4. The van der Waals surface area contributed by atoms with E-state index in [1.165, 1.54) is 17.8 Å². The molecule has 7 heteroatoms. The lowest BCUT2D eigenvalue weighted by molar-refractivity contribution is 0.289. The minimum Gasteiger partial charge on any atom is -0.399 e. The van der Waals surface area contributed by atoms with Crippen LogP contribution in [-0.4, -0.2) is 25.4 Å². The molecule has 1 aromatic rings. The molecule has 0 aliphatic rings. The van der Waals surface area contributed by atoms with Crippen LogP contribution in [0.2, 0.25) is 0 Å². The van der Waals surface area contributed by atoms with Gasteiger partial charge in [-0.15, -0.1) is 11.8 Å². The van der Waals surface area contributed by atoms with Crippen LogP contribution in [-0.2, 0) is 10.0 Å². The van der Waals surface area contributed by atoms with Gasteiger partial charge in [0.1, 0.15) is 0 Å². The van der Waals surface area contributed by atoms with E-state index in [9.17, 15) is 8.42 Å². The molecule has 0 radical (unpaired) electrons. The van der Waals surface area contributed by atoms with Crippen LogP contribution >= 0.6 is 11.8 Å². The number of primary sulfonamides is 1. The second-order valence-corrected chi connectivity index (χ2v) is 7.14. The lowest BCUT2D eigenvalue weighted by Gasteiger charge is -2.14. The van der Waals surface area contributed by atoms with Crippen molar-refractivity contribution in [2.75, 3.05) is 12.3 Å². The highest BCUT2D eigenvalue weighted by atomic mass is 32.2. The van der Waals surface area contributed by atoms with Gasteiger partial charge in [-0.25, -0.2) is 13.6 Å². The van der Waals surface area contributed by atoms with Crippen LogP contribution in [0.5, 0.6) is 0 Å². The summed E-state index contributed by atoms with van der Waals surface area (Å²) in [6, 6.07) is 3.09. The van der Waals surface area contributed by atoms with Gasteiger partial charge < -0.3 is 10.8 Å². The summed E-state index contributed by atoms with van der Waals surface area (Å²) < 4.78 is 22.9. The van der Waals surface area contributed by atoms with Crippen molar-refractivity contribution in [3.05, 3.63) is 17.7 Å². The van der Waals surface area contributed by atoms with Crippen molar-refractivity contribution in [2.24, 2.45) is 5.14 Å². The van der Waals surface area contributed by atoms with Gasteiger partial charge in [0.05, 0.1) is 4.90 Å². The molecule has 0 fully saturated rings. The summed E-state index contributed by atoms with van der Waals surface area (Å²) in [5.41, 5.74) is 6.65. The van der Waals surface area contributed by atoms with Crippen LogP contribution in [0.3, 0.4) is 0 Å². The normalized spacial score (nSPS) is 13.6. The Bertz CT molecular complexity index is 529. The first kappa shape index (κ1) is 15.3. The molecule has 5 N–H and O–H groups in total. The van der Waals surface area contributed by atoms with Crippen LogP contribution in [0.4, 0.5) is 5.69 Å². The second-order valence-electron chi connectivity index (χ2n) is 4.13. The van der Waals surface area contributed by atoms with Crippen LogP contribution in [0.15, 0.2) is 21.9 Å². The highest BCUT2D eigenvalue weighted by Crippen LogP contribution is 2.33. The molecule has 0 aliphatic carbocycles. The van der Waals surface area contributed by atoms with E-state index in [0.29, 0.717) is 17.7 Å². The van der Waals surface area contributed by atoms with Crippen LogP contribution in [0, 0.1) is 6.92 Å². The zero-order valence-electron chi connectivity index (χ0n) is 10.4. The first-order valence-electron chi connectivity index (χ1n) is 5.46. The molecule has 5 nitrogen and oxygen atoms in total. The molecule has 18 heavy (non-hydrogen) atoms. The number of nitrogens with two attached hydrogens (primary N) is 2. The summed E-state index contributed by atoms with van der Waals surface area (Å²) in [6.07, 6.45) is 0.629. The Kier molecular flexibility index (Phi) is 5.03. The fraction of sp³-hybridized carbons (Fsp3) is 0.455. The number of hydrogen-bond donors (Lipinski definition) is 3. The van der Waals surface area contributed by atoms with Crippen molar-refractivity contribution in [2.45, 2.75) is 35.3 Å². The summed E-state index contributed by atoms with van der Waals surface area (Å²) in [5.74, 6) is 0. The Balaban J connectivity index is 3.18. The summed E-state index contributed by atoms with van der Waals surface area (Å²) in [4.78, 5) is 0.834. The number of aliphatic hydroxyl groups excluding tert-OH is 1. The van der Waals surface area contributed by atoms with E-state index < -0.39 is 10.0 Å². The van der Waals surface area contributed by atoms with E-state index in [1.807, 2.05) is 6.92 Å². The highest BCUT2D eigenvalue weighted by Gasteiger charge is 2.17. The lowest BCUT2D eigenvalue weighted by Crippen LogP contribution is -2.14. The molecule has 0 amide bonds. The zero-order chi connectivity index (χ0) is 13.9. The van der Waals surface area contributed by atoms with Crippen LogP contribution in [0.1, 0.15) is 18.9 Å². The number of benzene rings is 1. The molecule has 102 valence electrons. The Morgan fingerprint density at radius 3 is 2.56 bits per heavy atom. The SMILES string of the molecule is Cc1c(SC(C)CCO)cc(N)cc1S(N)(=O)=O. The van der Waals surface area contributed by atoms with Gasteiger partial charge >= 0.3 is 0 Å². The molecule has 1 rings (SSSR count). The number of hydrogen-bond acceptors (Lipinski definition) is 5. The molecule has 0 spiro atoms. The molecular formula is C11H18N2O3S2. The van der Waals surface area contributed by atoms with Crippen molar-refractivity contribution in [3.8, 4) is 0 Å². The van der Waals surface area contributed by atoms with Gasteiger partial charge in [0.15, 0.2) is 0 Å². The average Bonchev–Trinajstić information content (AvgIpc) is 2.21. The van der Waals surface area contributed by atoms with Gasteiger partial charge in [-0.05, 0) is 31.0 Å². The molecule has 1 aromatic carbocycles. The van der Waals surface area contributed by atoms with Gasteiger partial charge in [-0.3, -0.25) is 0 Å². The van der Waals surface area contributed by atoms with Crippen LogP contribution < -0.4 is 10.9 Å². The van der Waals surface area contributed by atoms with Crippen molar-refractivity contribution >= 4 is 27.5 Å². The van der Waals surface area contributed by atoms with E-state index in [4.69, 9.17) is 16.0 Å². The Morgan fingerprint density at radius 2 is 2.06 bits per heavy atom. The predicted molar refractivity (Wildman–Crippen MR) is 74.0 cm³/mol. The smallest absolute Gasteiger partial charge is 0.238 e. The first-order chi connectivity index (χ1) is 8.25. The summed E-state index contributed by atoms with van der Waals surface area (Å²) in [6.45, 7) is 3.75. The summed E-state index contributed by atoms with van der Waals surface area (Å²) >= 11 is 1.48. The largest absolute Gasteiger partial charge is 0.399 e. The minimum atomic E-state index is -3.77. The molecule has 0 aromatic heterocycles. The number of rotatable bonds is 5. The average molecular weight is 290 g/mol. The van der Waals surface area contributed by atoms with Gasteiger partial charge in [0.2, 0.25) is 10.0 Å². The fourth-order valence-corrected chi connectivity index (χ4v) is 3.61. The van der Waals surface area contributed by atoms with Gasteiger partial charge in [0, 0.05) is 22.4 Å². The fourth-order valence-electron chi connectivity index (χ4n) is 1.56. The number of nitrogen functional groups attached to an aromatic ring is 1. The monoisotopic (exact) mass is 290 g/mol. The van der Waals surface area contributed by atoms with Gasteiger partial charge in [-0.1, -0.05) is 6.92 Å². The molecule has 1 atom stereocenters. The third-order valence-electron chi connectivity index (χ3n) is 2.51. The number of anilines is 1. The topological polar surface area (TPSA) is 106 Å². The molecule has 0 bridgehead atoms. The Morgan fingerprint density at radius 1 is 1.44 bits per heavy atom. The summed E-state index contributed by atoms with van der Waals surface area (Å²) in [7, 11) is -3.77. The number of thioether (sulfide) groups is 1. The van der Waals surface area contributed by atoms with E-state index >= 15 is 0 Å². The van der Waals surface area contributed by atoms with Crippen molar-refractivity contribution in [3.63, 3.8) is 0 Å². The number of aliphatic hydroxyl groups is 1. The number of sulfonamides is 1. The van der Waals surface area contributed by atoms with Crippen molar-refractivity contribution < 1.29 is 13.5 Å². The molecular weight excluding hydrogens is 272 g/mol. The minimum absolute atomic E-state index is 0.0567. The van der Waals surface area contributed by atoms with Gasteiger partial charge in [0.25, 0.3) is 0 Å². The third-order valence-corrected chi connectivity index (χ3v) is 4.86. The molecule has 0 heterocycles. The van der Waals surface area contributed by atoms with E-state index in [-0.39, 0.29) is 16.8 Å². The standard InChI is InChI=1S/C11H18N2O3S2/c1-7(3-4-14)17-10-5-9(12)6-11(8(10)2)18(13,15)16/h5-7,14H,3-4,12H2,1-2H3,(H2,13,15,16). The van der Waals surface area contributed by atoms with E-state index in [0.717, 1.165) is 4.90 Å². The molecule has 0 aliphatic heterocycles. The van der Waals surface area contributed by atoms with Crippen molar-refractivity contribution in [1.29, 1.82) is 0 Å². The third kappa shape index (κ3) is 3.88. The quantitative estimate of drug-likeness (QED) is 0.556. The van der Waals surface area contributed by atoms with E-state index in [2.05, 4.69) is 0 Å². The first-order valence-corrected chi connectivity index (χ1v) is 7.88. The highest BCUT2D eigenvalue weighted by molar-refractivity contribution is 8.00. The maximum atomic E-state index is 11.4. The van der Waals surface area contributed by atoms with Crippen molar-refractivity contribution in [1.82, 2.24) is 0 Å². The van der Waals surface area contributed by atoms with Gasteiger partial charge in [-0.2, -0.15) is 0 Å². The Labute approximate surface area is 112 Å². The zero-order valence-corrected chi connectivity index (χ0v) is 12.0. The maximum Gasteiger partial charge on any atom is 0.238 e. The molecule has 0 saturated carbocycles. The van der Waals surface area contributed by atoms with E-state index in [1.54, 1.807) is 13.0 Å². The molecule has 0 saturated heterocycles. The van der Waals surface area contributed by atoms with Crippen LogP contribution in [0.25, 0.3) is 0 Å². The predicted octanol–water partition coefficient (Wildman–Crippen LogP) is 1.09. The second kappa shape index (κ2) is 5.92. The summed E-state index contributed by atoms with van der Waals surface area (Å²) in [5, 5.41) is 14.2. The molecule has 1 unspecified atom stereocenters.